The van der Waals surface area contributed by atoms with E-state index >= 15 is 0 Å². The monoisotopic (exact) mass is 183 g/mol. The molecule has 4 heteroatoms. The zero-order valence-electron chi connectivity index (χ0n) is 7.10. The van der Waals surface area contributed by atoms with Crippen LogP contribution in [0.25, 0.3) is 0 Å². The van der Waals surface area contributed by atoms with Gasteiger partial charge in [0.2, 0.25) is 0 Å². The Morgan fingerprint density at radius 2 is 2.17 bits per heavy atom. The summed E-state index contributed by atoms with van der Waals surface area (Å²) in [6.07, 6.45) is 4.55. The average Bonchev–Trinajstić information content (AvgIpc) is 2.16. The molecule has 1 rings (SSSR count). The van der Waals surface area contributed by atoms with Crippen LogP contribution in [-0.2, 0) is 0 Å². The fraction of sp³-hybridized carbons (Fsp3) is 0.500. The van der Waals surface area contributed by atoms with Crippen molar-refractivity contribution in [3.05, 3.63) is 18.5 Å². The molecule has 0 aliphatic carbocycles. The Morgan fingerprint density at radius 1 is 1.50 bits per heavy atom. The van der Waals surface area contributed by atoms with Gasteiger partial charge in [-0.2, -0.15) is 0 Å². The Hall–Kier alpha value is -0.610. The Balaban J connectivity index is 2.51. The predicted molar refractivity (Wildman–Crippen MR) is 51.0 cm³/mol. The first-order valence-electron chi connectivity index (χ1n) is 4.00. The van der Waals surface area contributed by atoms with Crippen LogP contribution in [0.5, 0.6) is 0 Å². The van der Waals surface area contributed by atoms with Gasteiger partial charge in [0.1, 0.15) is 0 Å². The Kier molecular flexibility index (Phi) is 4.04. The van der Waals surface area contributed by atoms with E-state index in [1.54, 1.807) is 24.2 Å². The average molecular weight is 183 g/mol. The summed E-state index contributed by atoms with van der Waals surface area (Å²) >= 11 is 1.64. The largest absolute Gasteiger partial charge is 0.329 e. The van der Waals surface area contributed by atoms with Gasteiger partial charge >= 0.3 is 0 Å². The molecule has 1 aromatic rings. The molecular weight excluding hydrogens is 170 g/mol. The molecule has 0 radical (unpaired) electrons. The highest BCUT2D eigenvalue weighted by molar-refractivity contribution is 7.99. The molecule has 0 aromatic carbocycles. The molecule has 0 fully saturated rings. The van der Waals surface area contributed by atoms with Crippen molar-refractivity contribution in [1.29, 1.82) is 0 Å². The summed E-state index contributed by atoms with van der Waals surface area (Å²) in [7, 11) is 0. The van der Waals surface area contributed by atoms with Crippen molar-refractivity contribution in [1.82, 2.24) is 9.97 Å². The van der Waals surface area contributed by atoms with E-state index in [-0.39, 0.29) is 0 Å². The number of nitrogens with two attached hydrogens (primary N) is 1. The van der Waals surface area contributed by atoms with Crippen LogP contribution < -0.4 is 5.73 Å². The third-order valence-corrected chi connectivity index (χ3v) is 2.81. The van der Waals surface area contributed by atoms with Crippen molar-refractivity contribution in [2.75, 3.05) is 6.54 Å². The van der Waals surface area contributed by atoms with E-state index in [1.165, 1.54) is 0 Å². The summed E-state index contributed by atoms with van der Waals surface area (Å²) in [5, 5.41) is 1.25. The highest BCUT2D eigenvalue weighted by Crippen LogP contribution is 2.19. The summed E-state index contributed by atoms with van der Waals surface area (Å²) in [4.78, 5) is 8.22. The Morgan fingerprint density at radius 3 is 2.67 bits per heavy atom. The van der Waals surface area contributed by atoms with Crippen molar-refractivity contribution in [2.24, 2.45) is 5.73 Å². The lowest BCUT2D eigenvalue weighted by Crippen LogP contribution is -2.15. The molecule has 1 atom stereocenters. The molecule has 0 amide bonds. The molecule has 1 heterocycles. The normalized spacial score (nSPS) is 12.8. The van der Waals surface area contributed by atoms with Crippen LogP contribution >= 0.6 is 11.8 Å². The van der Waals surface area contributed by atoms with Crippen LogP contribution in [0.2, 0.25) is 0 Å². The van der Waals surface area contributed by atoms with Gasteiger partial charge in [-0.3, -0.25) is 0 Å². The minimum absolute atomic E-state index is 0.437. The second kappa shape index (κ2) is 5.11. The predicted octanol–water partition coefficient (Wildman–Crippen LogP) is 1.31. The maximum atomic E-state index is 5.55. The third-order valence-electron chi connectivity index (χ3n) is 1.53. The van der Waals surface area contributed by atoms with E-state index in [2.05, 4.69) is 16.9 Å². The van der Waals surface area contributed by atoms with Gasteiger partial charge in [0.25, 0.3) is 0 Å². The standard InChI is InChI=1S/C8H13N3S/c1-2-7(6-9)12-8-10-4-3-5-11-8/h3-5,7H,2,6,9H2,1H3. The van der Waals surface area contributed by atoms with Crippen molar-refractivity contribution >= 4 is 11.8 Å². The number of aromatic nitrogens is 2. The van der Waals surface area contributed by atoms with Crippen LogP contribution in [0.3, 0.4) is 0 Å². The SMILES string of the molecule is CCC(CN)Sc1ncccn1. The first-order valence-corrected chi connectivity index (χ1v) is 4.88. The first-order chi connectivity index (χ1) is 5.86. The Bertz CT molecular complexity index is 211. The molecule has 0 aliphatic rings. The van der Waals surface area contributed by atoms with Crippen molar-refractivity contribution in [3.8, 4) is 0 Å². The minimum Gasteiger partial charge on any atom is -0.329 e. The van der Waals surface area contributed by atoms with Crippen LogP contribution in [-0.4, -0.2) is 21.8 Å². The molecule has 1 unspecified atom stereocenters. The van der Waals surface area contributed by atoms with Gasteiger partial charge < -0.3 is 5.73 Å². The molecule has 1 aromatic heterocycles. The number of rotatable bonds is 4. The smallest absolute Gasteiger partial charge is 0.187 e. The maximum Gasteiger partial charge on any atom is 0.187 e. The summed E-state index contributed by atoms with van der Waals surface area (Å²) in [5.41, 5.74) is 5.55. The fourth-order valence-corrected chi connectivity index (χ4v) is 1.60. The van der Waals surface area contributed by atoms with Crippen LogP contribution in [0, 0.1) is 0 Å². The molecule has 0 bridgehead atoms. The number of nitrogens with zero attached hydrogens (tertiary/aromatic N) is 2. The van der Waals surface area contributed by atoms with Crippen LogP contribution in [0.1, 0.15) is 13.3 Å². The second-order valence-electron chi connectivity index (χ2n) is 2.42. The molecule has 3 nitrogen and oxygen atoms in total. The molecule has 0 saturated heterocycles. The zero-order valence-corrected chi connectivity index (χ0v) is 7.92. The molecule has 0 spiro atoms. The topological polar surface area (TPSA) is 51.8 Å². The van der Waals surface area contributed by atoms with Gasteiger partial charge in [-0.05, 0) is 12.5 Å². The van der Waals surface area contributed by atoms with Crippen molar-refractivity contribution < 1.29 is 0 Å². The van der Waals surface area contributed by atoms with E-state index in [4.69, 9.17) is 5.73 Å². The molecule has 0 aliphatic heterocycles. The number of hydrogen-bond acceptors (Lipinski definition) is 4. The lowest BCUT2D eigenvalue weighted by molar-refractivity contribution is 0.817. The fourth-order valence-electron chi connectivity index (χ4n) is 0.793. The van der Waals surface area contributed by atoms with E-state index in [9.17, 15) is 0 Å². The molecule has 2 N–H and O–H groups in total. The third kappa shape index (κ3) is 2.79. The quantitative estimate of drug-likeness (QED) is 0.565. The first kappa shape index (κ1) is 9.48. The van der Waals surface area contributed by atoms with Crippen LogP contribution in [0.15, 0.2) is 23.6 Å². The number of hydrogen-bond donors (Lipinski definition) is 1. The molecular formula is C8H13N3S. The van der Waals surface area contributed by atoms with Gasteiger partial charge in [0, 0.05) is 24.2 Å². The number of thioether (sulfide) groups is 1. The molecule has 66 valence electrons. The highest BCUT2D eigenvalue weighted by atomic mass is 32.2. The van der Waals surface area contributed by atoms with Gasteiger partial charge in [-0.25, -0.2) is 9.97 Å². The lowest BCUT2D eigenvalue weighted by atomic mass is 10.3. The van der Waals surface area contributed by atoms with Gasteiger partial charge in [0.05, 0.1) is 0 Å². The Labute approximate surface area is 76.8 Å². The summed E-state index contributed by atoms with van der Waals surface area (Å²) in [5.74, 6) is 0. The summed E-state index contributed by atoms with van der Waals surface area (Å²) in [6, 6.07) is 1.81. The maximum absolute atomic E-state index is 5.55. The van der Waals surface area contributed by atoms with Gasteiger partial charge in [-0.15, -0.1) is 0 Å². The van der Waals surface area contributed by atoms with Crippen molar-refractivity contribution in [2.45, 2.75) is 23.8 Å². The minimum atomic E-state index is 0.437. The zero-order chi connectivity index (χ0) is 8.81. The van der Waals surface area contributed by atoms with E-state index < -0.39 is 0 Å². The van der Waals surface area contributed by atoms with Crippen molar-refractivity contribution in [3.63, 3.8) is 0 Å². The van der Waals surface area contributed by atoms with Gasteiger partial charge in [-0.1, -0.05) is 18.7 Å². The lowest BCUT2D eigenvalue weighted by Gasteiger charge is -2.08. The van der Waals surface area contributed by atoms with E-state index in [1.807, 2.05) is 6.07 Å². The summed E-state index contributed by atoms with van der Waals surface area (Å²) < 4.78 is 0. The second-order valence-corrected chi connectivity index (χ2v) is 3.68. The van der Waals surface area contributed by atoms with Gasteiger partial charge in [0.15, 0.2) is 5.16 Å². The highest BCUT2D eigenvalue weighted by Gasteiger charge is 2.06. The van der Waals surface area contributed by atoms with Crippen LogP contribution in [0.4, 0.5) is 0 Å². The summed E-state index contributed by atoms with van der Waals surface area (Å²) in [6.45, 7) is 2.80. The molecule has 0 saturated carbocycles. The van der Waals surface area contributed by atoms with E-state index in [0.717, 1.165) is 11.6 Å². The molecule has 12 heavy (non-hydrogen) atoms. The van der Waals surface area contributed by atoms with E-state index in [0.29, 0.717) is 11.8 Å².